The van der Waals surface area contributed by atoms with E-state index in [9.17, 15) is 4.79 Å². The molecule has 0 saturated carbocycles. The minimum absolute atomic E-state index is 0.375. The first kappa shape index (κ1) is 31.7. The van der Waals surface area contributed by atoms with E-state index >= 15 is 0 Å². The lowest BCUT2D eigenvalue weighted by Gasteiger charge is -2.13. The van der Waals surface area contributed by atoms with Crippen molar-refractivity contribution >= 4 is 62.8 Å². The molecule has 1 aliphatic rings. The Bertz CT molecular complexity index is 2170. The van der Waals surface area contributed by atoms with Crippen molar-refractivity contribution in [2.75, 3.05) is 13.7 Å². The topological polar surface area (TPSA) is 76.1 Å². The van der Waals surface area contributed by atoms with Crippen molar-refractivity contribution in [1.82, 2.24) is 24.1 Å². The molecular weight excluding hydrogens is 650 g/mol. The minimum atomic E-state index is -0.375. The van der Waals surface area contributed by atoms with Crippen LogP contribution in [-0.2, 0) is 49.6 Å². The van der Waals surface area contributed by atoms with Crippen LogP contribution in [0, 0.1) is 6.92 Å². The number of nitrogens with zero attached hydrogens (tertiary/aromatic N) is 5. The fraction of sp³-hybridized carbons (Fsp3) is 0.306. The van der Waals surface area contributed by atoms with Crippen LogP contribution < -0.4 is 4.74 Å². The Hall–Kier alpha value is -3.86. The van der Waals surface area contributed by atoms with Gasteiger partial charge >= 0.3 is 5.97 Å². The second-order valence-corrected chi connectivity index (χ2v) is 14.3. The molecule has 0 aliphatic carbocycles. The third-order valence-corrected chi connectivity index (χ3v) is 11.2. The number of carbonyl (C=O) groups is 1. The predicted molar refractivity (Wildman–Crippen MR) is 192 cm³/mol. The summed E-state index contributed by atoms with van der Waals surface area (Å²) in [5.74, 6) is 2.76. The van der Waals surface area contributed by atoms with Gasteiger partial charge in [0.05, 0.1) is 41.3 Å². The molecule has 0 amide bonds. The largest absolute Gasteiger partial charge is 0.493 e. The van der Waals surface area contributed by atoms with E-state index in [1.807, 2.05) is 60.2 Å². The smallest absolute Gasteiger partial charge is 0.354 e. The van der Waals surface area contributed by atoms with Crippen LogP contribution in [0.4, 0.5) is 0 Å². The highest BCUT2D eigenvalue weighted by atomic mass is 35.5. The van der Waals surface area contributed by atoms with Gasteiger partial charge in [-0.05, 0) is 55.0 Å². The number of aryl methyl sites for hydroxylation is 5. The average molecular weight is 686 g/mol. The van der Waals surface area contributed by atoms with Crippen molar-refractivity contribution < 1.29 is 14.3 Å². The molecule has 8 nitrogen and oxygen atoms in total. The summed E-state index contributed by atoms with van der Waals surface area (Å²) in [5.41, 5.74) is 8.40. The first-order valence-electron chi connectivity index (χ1n) is 15.5. The highest BCUT2D eigenvalue weighted by molar-refractivity contribution is 7.98. The van der Waals surface area contributed by atoms with Crippen LogP contribution in [0.3, 0.4) is 0 Å². The minimum Gasteiger partial charge on any atom is -0.493 e. The van der Waals surface area contributed by atoms with E-state index in [1.165, 1.54) is 12.8 Å². The Balaban J connectivity index is 1.37. The number of carbonyl (C=O) groups excluding carboxylic acids is 1. The van der Waals surface area contributed by atoms with Gasteiger partial charge in [-0.2, -0.15) is 10.2 Å². The summed E-state index contributed by atoms with van der Waals surface area (Å²) in [6, 6.07) is 18.9. The third-order valence-electron chi connectivity index (χ3n) is 8.91. The van der Waals surface area contributed by atoms with Gasteiger partial charge in [0.15, 0.2) is 0 Å². The Morgan fingerprint density at radius 2 is 1.79 bits per heavy atom. The van der Waals surface area contributed by atoms with E-state index in [1.54, 1.807) is 23.5 Å². The molecule has 8 bridgehead atoms. The molecule has 0 unspecified atom stereocenters. The quantitative estimate of drug-likeness (QED) is 0.161. The molecule has 242 valence electrons. The molecule has 47 heavy (non-hydrogen) atoms. The summed E-state index contributed by atoms with van der Waals surface area (Å²) in [6.45, 7) is 2.51. The number of benzene rings is 3. The third kappa shape index (κ3) is 5.81. The van der Waals surface area contributed by atoms with Crippen LogP contribution in [0.1, 0.15) is 45.2 Å². The Kier molecular flexibility index (Phi) is 8.76. The van der Waals surface area contributed by atoms with E-state index in [4.69, 9.17) is 31.3 Å². The maximum Gasteiger partial charge on any atom is 0.354 e. The normalized spacial score (nSPS) is 14.2. The molecule has 3 aromatic heterocycles. The van der Waals surface area contributed by atoms with Gasteiger partial charge in [0.2, 0.25) is 0 Å². The molecule has 0 radical (unpaired) electrons. The summed E-state index contributed by atoms with van der Waals surface area (Å²) < 4.78 is 17.7. The zero-order valence-electron chi connectivity index (χ0n) is 27.1. The number of halogens is 1. The standard InChI is InChI=1S/C36H36ClN5O3S2/c1-21-32-30(42(4)38-21)20-46-18-23-16-24(41(3)39-23)19-47-25-15-22-9-6-7-10-26(22)31(17-25)45-14-8-11-27-28-12-13-29(37)33(32)34(28)40(2)35(27)36(43)44-5/h6-7,9-10,12-13,15-17H,8,11,14,18-20H2,1-5H3. The fourth-order valence-corrected chi connectivity index (χ4v) is 8.92. The van der Waals surface area contributed by atoms with E-state index in [-0.39, 0.29) is 5.97 Å². The van der Waals surface area contributed by atoms with Crippen molar-refractivity contribution in [3.8, 4) is 16.9 Å². The monoisotopic (exact) mass is 685 g/mol. The molecule has 0 N–H and O–H groups in total. The molecule has 11 heteroatoms. The number of fused-ring (bicyclic) bond motifs is 8. The molecule has 0 atom stereocenters. The van der Waals surface area contributed by atoms with Gasteiger partial charge in [0.25, 0.3) is 0 Å². The maximum absolute atomic E-state index is 13.3. The Morgan fingerprint density at radius 1 is 0.957 bits per heavy atom. The van der Waals surface area contributed by atoms with Gasteiger partial charge in [-0.3, -0.25) is 9.36 Å². The van der Waals surface area contributed by atoms with E-state index in [2.05, 4.69) is 36.4 Å². The van der Waals surface area contributed by atoms with Crippen LogP contribution in [0.15, 0.2) is 59.5 Å². The summed E-state index contributed by atoms with van der Waals surface area (Å²) in [7, 11) is 7.34. The average Bonchev–Trinajstić information content (AvgIpc) is 3.66. The number of ether oxygens (including phenoxy) is 2. The zero-order valence-corrected chi connectivity index (χ0v) is 29.5. The first-order chi connectivity index (χ1) is 22.7. The van der Waals surface area contributed by atoms with Gasteiger partial charge in [-0.15, -0.1) is 23.5 Å². The van der Waals surface area contributed by atoms with Crippen molar-refractivity contribution in [2.24, 2.45) is 21.1 Å². The second-order valence-electron chi connectivity index (χ2n) is 11.9. The number of rotatable bonds is 1. The van der Waals surface area contributed by atoms with Crippen molar-refractivity contribution in [3.63, 3.8) is 0 Å². The maximum atomic E-state index is 13.3. The zero-order chi connectivity index (χ0) is 32.8. The lowest BCUT2D eigenvalue weighted by atomic mass is 9.98. The summed E-state index contributed by atoms with van der Waals surface area (Å²) >= 11 is 10.6. The van der Waals surface area contributed by atoms with Gasteiger partial charge in [0.1, 0.15) is 11.4 Å². The second kappa shape index (κ2) is 13.0. The molecule has 0 fully saturated rings. The molecule has 0 saturated heterocycles. The van der Waals surface area contributed by atoms with Crippen molar-refractivity contribution in [1.29, 1.82) is 0 Å². The summed E-state index contributed by atoms with van der Waals surface area (Å²) in [5, 5.41) is 13.5. The van der Waals surface area contributed by atoms with Crippen LogP contribution in [-0.4, -0.2) is 43.8 Å². The molecule has 6 aromatic rings. The van der Waals surface area contributed by atoms with Crippen molar-refractivity contribution in [3.05, 3.63) is 93.7 Å². The lowest BCUT2D eigenvalue weighted by molar-refractivity contribution is 0.0589. The van der Waals surface area contributed by atoms with Crippen LogP contribution in [0.25, 0.3) is 32.8 Å². The van der Waals surface area contributed by atoms with Crippen molar-refractivity contribution in [2.45, 2.75) is 41.9 Å². The number of esters is 1. The van der Waals surface area contributed by atoms with Crippen LogP contribution >= 0.6 is 35.1 Å². The molecule has 3 aromatic carbocycles. The SMILES string of the molecule is COC(=O)c1c2c3ccc(Cl)c(c3n1C)-c1c(C)nn(C)c1CSCc1cc(n(C)n1)CSc1cc(c3ccccc3c1)OCCC2. The van der Waals surface area contributed by atoms with E-state index in [0.29, 0.717) is 30.2 Å². The molecule has 7 rings (SSSR count). The number of aromatic nitrogens is 5. The van der Waals surface area contributed by atoms with E-state index < -0.39 is 0 Å². The lowest BCUT2D eigenvalue weighted by Crippen LogP contribution is -2.11. The number of thioether (sulfide) groups is 2. The number of hydrogen-bond acceptors (Lipinski definition) is 7. The van der Waals surface area contributed by atoms with Crippen LogP contribution in [0.2, 0.25) is 5.02 Å². The molecule has 1 aliphatic heterocycles. The molecular formula is C36H36ClN5O3S2. The summed E-state index contributed by atoms with van der Waals surface area (Å²) in [6.07, 6.45) is 1.34. The van der Waals surface area contributed by atoms with Gasteiger partial charge in [-0.1, -0.05) is 41.9 Å². The predicted octanol–water partition coefficient (Wildman–Crippen LogP) is 8.26. The van der Waals surface area contributed by atoms with Gasteiger partial charge < -0.3 is 14.0 Å². The number of methoxy groups -OCH3 is 1. The highest BCUT2D eigenvalue weighted by Crippen LogP contribution is 2.43. The fourth-order valence-electron chi connectivity index (χ4n) is 6.71. The van der Waals surface area contributed by atoms with E-state index in [0.717, 1.165) is 83.4 Å². The number of hydrogen-bond donors (Lipinski definition) is 0. The first-order valence-corrected chi connectivity index (χ1v) is 18.1. The molecule has 4 heterocycles. The summed E-state index contributed by atoms with van der Waals surface area (Å²) in [4.78, 5) is 14.5. The van der Waals surface area contributed by atoms with Crippen LogP contribution in [0.5, 0.6) is 5.75 Å². The van der Waals surface area contributed by atoms with Gasteiger partial charge in [-0.25, -0.2) is 4.79 Å². The Labute approximate surface area is 287 Å². The molecule has 0 spiro atoms. The van der Waals surface area contributed by atoms with Gasteiger partial charge in [0, 0.05) is 70.9 Å². The Morgan fingerprint density at radius 3 is 2.62 bits per heavy atom. The highest BCUT2D eigenvalue weighted by Gasteiger charge is 2.28.